The molecule has 1 aliphatic rings. The maximum atomic E-state index is 5.56. The van der Waals surface area contributed by atoms with E-state index in [2.05, 4.69) is 61.3 Å². The Balaban J connectivity index is 2.08. The third-order valence-electron chi connectivity index (χ3n) is 4.41. The van der Waals surface area contributed by atoms with Crippen LogP contribution in [0.3, 0.4) is 0 Å². The minimum absolute atomic E-state index is 0.220. The van der Waals surface area contributed by atoms with Gasteiger partial charge in [0.15, 0.2) is 0 Å². The summed E-state index contributed by atoms with van der Waals surface area (Å²) in [4.78, 5) is 2.57. The highest BCUT2D eigenvalue weighted by atomic mass is 16.5. The van der Waals surface area contributed by atoms with E-state index in [-0.39, 0.29) is 5.54 Å². The van der Waals surface area contributed by atoms with Crippen LogP contribution in [0.1, 0.15) is 38.8 Å². The number of nitrogens with zero attached hydrogens (tertiary/aromatic N) is 1. The van der Waals surface area contributed by atoms with Crippen LogP contribution in [-0.4, -0.2) is 43.3 Å². The first-order chi connectivity index (χ1) is 9.68. The molecule has 1 saturated heterocycles. The summed E-state index contributed by atoms with van der Waals surface area (Å²) in [6, 6.07) is 11.3. The van der Waals surface area contributed by atoms with E-state index in [0.717, 1.165) is 39.3 Å². The Hall–Kier alpha value is -0.900. The van der Waals surface area contributed by atoms with Crippen molar-refractivity contribution in [2.24, 2.45) is 0 Å². The van der Waals surface area contributed by atoms with Crippen molar-refractivity contribution in [3.63, 3.8) is 0 Å². The Morgan fingerprint density at radius 3 is 2.70 bits per heavy atom. The molecule has 1 aromatic rings. The number of benzene rings is 1. The van der Waals surface area contributed by atoms with E-state index in [1.807, 2.05) is 0 Å². The zero-order valence-electron chi connectivity index (χ0n) is 13.1. The van der Waals surface area contributed by atoms with Gasteiger partial charge in [0, 0.05) is 37.8 Å². The molecule has 1 heterocycles. The molecule has 2 unspecified atom stereocenters. The molecule has 1 aliphatic heterocycles. The minimum atomic E-state index is 0.220. The molecule has 1 fully saturated rings. The largest absolute Gasteiger partial charge is 0.380 e. The smallest absolute Gasteiger partial charge is 0.0593 e. The SMILES string of the molecule is CCOCCN1CC(C)(CC)NCC1c1ccccc1. The van der Waals surface area contributed by atoms with Crippen molar-refractivity contribution in [3.05, 3.63) is 35.9 Å². The summed E-state index contributed by atoms with van der Waals surface area (Å²) < 4.78 is 5.56. The van der Waals surface area contributed by atoms with Crippen LogP contribution in [0.4, 0.5) is 0 Å². The highest BCUT2D eigenvalue weighted by Crippen LogP contribution is 2.28. The number of ether oxygens (including phenoxy) is 1. The maximum Gasteiger partial charge on any atom is 0.0593 e. The van der Waals surface area contributed by atoms with E-state index >= 15 is 0 Å². The van der Waals surface area contributed by atoms with E-state index in [9.17, 15) is 0 Å². The van der Waals surface area contributed by atoms with Crippen LogP contribution in [0, 0.1) is 0 Å². The van der Waals surface area contributed by atoms with Gasteiger partial charge in [0.05, 0.1) is 6.61 Å². The minimum Gasteiger partial charge on any atom is -0.380 e. The topological polar surface area (TPSA) is 24.5 Å². The lowest BCUT2D eigenvalue weighted by Crippen LogP contribution is -2.59. The van der Waals surface area contributed by atoms with Gasteiger partial charge in [-0.1, -0.05) is 37.3 Å². The Morgan fingerprint density at radius 1 is 1.30 bits per heavy atom. The van der Waals surface area contributed by atoms with Gasteiger partial charge in [-0.05, 0) is 25.8 Å². The van der Waals surface area contributed by atoms with Crippen LogP contribution >= 0.6 is 0 Å². The van der Waals surface area contributed by atoms with Crippen molar-refractivity contribution in [1.29, 1.82) is 0 Å². The van der Waals surface area contributed by atoms with Crippen LogP contribution in [-0.2, 0) is 4.74 Å². The summed E-state index contributed by atoms with van der Waals surface area (Å²) >= 11 is 0. The molecule has 112 valence electrons. The second-order valence-corrected chi connectivity index (χ2v) is 5.89. The predicted octanol–water partition coefficient (Wildman–Crippen LogP) is 2.84. The summed E-state index contributed by atoms with van der Waals surface area (Å²) in [6.45, 7) is 11.4. The molecule has 2 atom stereocenters. The first-order valence-electron chi connectivity index (χ1n) is 7.80. The van der Waals surface area contributed by atoms with Gasteiger partial charge in [-0.15, -0.1) is 0 Å². The van der Waals surface area contributed by atoms with Crippen molar-refractivity contribution in [2.75, 3.05) is 32.8 Å². The molecule has 0 radical (unpaired) electrons. The normalized spacial score (nSPS) is 27.6. The van der Waals surface area contributed by atoms with Gasteiger partial charge in [0.25, 0.3) is 0 Å². The maximum absolute atomic E-state index is 5.56. The number of piperazine rings is 1. The molecule has 0 spiro atoms. The Labute approximate surface area is 123 Å². The summed E-state index contributed by atoms with van der Waals surface area (Å²) in [7, 11) is 0. The predicted molar refractivity (Wildman–Crippen MR) is 83.9 cm³/mol. The molecule has 0 aliphatic carbocycles. The zero-order chi connectivity index (χ0) is 14.4. The highest BCUT2D eigenvalue weighted by Gasteiger charge is 2.34. The molecule has 2 rings (SSSR count). The fourth-order valence-electron chi connectivity index (χ4n) is 2.89. The van der Waals surface area contributed by atoms with Crippen LogP contribution < -0.4 is 5.32 Å². The van der Waals surface area contributed by atoms with Gasteiger partial charge in [-0.2, -0.15) is 0 Å². The quantitative estimate of drug-likeness (QED) is 0.809. The lowest BCUT2D eigenvalue weighted by atomic mass is 9.91. The van der Waals surface area contributed by atoms with Crippen LogP contribution in [0.2, 0.25) is 0 Å². The molecule has 0 aromatic heterocycles. The van der Waals surface area contributed by atoms with Crippen molar-refractivity contribution >= 4 is 0 Å². The molecule has 1 N–H and O–H groups in total. The van der Waals surface area contributed by atoms with E-state index in [4.69, 9.17) is 4.74 Å². The number of rotatable bonds is 6. The number of hydrogen-bond donors (Lipinski definition) is 1. The molecule has 3 nitrogen and oxygen atoms in total. The standard InChI is InChI=1S/C17H28N2O/c1-4-17(3)14-19(11-12-20-5-2)16(13-18-17)15-9-7-6-8-10-15/h6-10,16,18H,4-5,11-14H2,1-3H3. The third-order valence-corrected chi connectivity index (χ3v) is 4.41. The van der Waals surface area contributed by atoms with Crippen molar-refractivity contribution < 1.29 is 4.74 Å². The molecule has 0 bridgehead atoms. The van der Waals surface area contributed by atoms with Gasteiger partial charge >= 0.3 is 0 Å². The van der Waals surface area contributed by atoms with Crippen molar-refractivity contribution in [1.82, 2.24) is 10.2 Å². The van der Waals surface area contributed by atoms with E-state index in [1.165, 1.54) is 5.56 Å². The van der Waals surface area contributed by atoms with Crippen LogP contribution in [0.15, 0.2) is 30.3 Å². The van der Waals surface area contributed by atoms with Gasteiger partial charge in [-0.3, -0.25) is 4.90 Å². The average Bonchev–Trinajstić information content (AvgIpc) is 2.49. The number of hydrogen-bond acceptors (Lipinski definition) is 3. The summed E-state index contributed by atoms with van der Waals surface area (Å²) in [5.74, 6) is 0. The van der Waals surface area contributed by atoms with Crippen LogP contribution in [0.5, 0.6) is 0 Å². The Kier molecular flexibility index (Phi) is 5.58. The van der Waals surface area contributed by atoms with Crippen LogP contribution in [0.25, 0.3) is 0 Å². The van der Waals surface area contributed by atoms with Crippen molar-refractivity contribution in [3.8, 4) is 0 Å². The van der Waals surface area contributed by atoms with Gasteiger partial charge < -0.3 is 10.1 Å². The van der Waals surface area contributed by atoms with Gasteiger partial charge in [-0.25, -0.2) is 0 Å². The second kappa shape index (κ2) is 7.21. The molecule has 3 heteroatoms. The fraction of sp³-hybridized carbons (Fsp3) is 0.647. The molecule has 0 saturated carbocycles. The second-order valence-electron chi connectivity index (χ2n) is 5.89. The highest BCUT2D eigenvalue weighted by molar-refractivity contribution is 5.20. The Morgan fingerprint density at radius 2 is 2.05 bits per heavy atom. The zero-order valence-corrected chi connectivity index (χ0v) is 13.1. The van der Waals surface area contributed by atoms with E-state index < -0.39 is 0 Å². The first-order valence-corrected chi connectivity index (χ1v) is 7.80. The summed E-state index contributed by atoms with van der Waals surface area (Å²) in [5, 5.41) is 3.73. The Bertz CT molecular complexity index is 395. The van der Waals surface area contributed by atoms with Crippen molar-refractivity contribution in [2.45, 2.75) is 38.8 Å². The van der Waals surface area contributed by atoms with Gasteiger partial charge in [0.2, 0.25) is 0 Å². The average molecular weight is 276 g/mol. The molecule has 20 heavy (non-hydrogen) atoms. The monoisotopic (exact) mass is 276 g/mol. The first kappa shape index (κ1) is 15.5. The summed E-state index contributed by atoms with van der Waals surface area (Å²) in [5.41, 5.74) is 1.62. The lowest BCUT2D eigenvalue weighted by Gasteiger charge is -2.46. The van der Waals surface area contributed by atoms with Gasteiger partial charge in [0.1, 0.15) is 0 Å². The number of nitrogens with one attached hydrogen (secondary N) is 1. The summed E-state index contributed by atoms with van der Waals surface area (Å²) in [6.07, 6.45) is 1.15. The third kappa shape index (κ3) is 3.81. The molecule has 1 aromatic carbocycles. The fourth-order valence-corrected chi connectivity index (χ4v) is 2.89. The molecular formula is C17H28N2O. The van der Waals surface area contributed by atoms with E-state index in [0.29, 0.717) is 6.04 Å². The lowest BCUT2D eigenvalue weighted by molar-refractivity contribution is 0.0464. The van der Waals surface area contributed by atoms with E-state index in [1.54, 1.807) is 0 Å². The molecule has 0 amide bonds. The molecular weight excluding hydrogens is 248 g/mol.